The molecule has 0 saturated carbocycles. The number of benzene rings is 1. The van der Waals surface area contributed by atoms with Crippen LogP contribution >= 0.6 is 0 Å². The summed E-state index contributed by atoms with van der Waals surface area (Å²) in [6.45, 7) is 2.97. The molecule has 0 bridgehead atoms. The number of fused-ring (bicyclic) bond motifs is 1. The van der Waals surface area contributed by atoms with Crippen LogP contribution in [0.1, 0.15) is 31.4 Å². The van der Waals surface area contributed by atoms with Crippen molar-refractivity contribution in [3.8, 4) is 0 Å². The standard InChI is InChI=1S/C16H22N2O2S/c1-3-10-17-16(9-12-21(2,19)20)14-8-11-18-15-7-5-4-6-13(14)15/h4-8,11,16-17H,3,9-10,12H2,1-2H3. The first-order valence-corrected chi connectivity index (χ1v) is 9.32. The van der Waals surface area contributed by atoms with E-state index >= 15 is 0 Å². The van der Waals surface area contributed by atoms with Crippen LogP contribution in [0.15, 0.2) is 36.5 Å². The Morgan fingerprint density at radius 2 is 2.00 bits per heavy atom. The van der Waals surface area contributed by atoms with E-state index in [1.807, 2.05) is 30.3 Å². The molecule has 0 amide bonds. The van der Waals surface area contributed by atoms with Gasteiger partial charge in [-0.3, -0.25) is 4.98 Å². The van der Waals surface area contributed by atoms with Crippen molar-refractivity contribution in [1.29, 1.82) is 0 Å². The van der Waals surface area contributed by atoms with Gasteiger partial charge in [-0.05, 0) is 37.1 Å². The molecule has 2 rings (SSSR count). The Kier molecular flexibility index (Phi) is 5.31. The minimum atomic E-state index is -2.96. The van der Waals surface area contributed by atoms with Crippen LogP contribution in [0.4, 0.5) is 0 Å². The number of hydrogen-bond acceptors (Lipinski definition) is 4. The molecule has 1 heterocycles. The lowest BCUT2D eigenvalue weighted by molar-refractivity contribution is 0.516. The fraction of sp³-hybridized carbons (Fsp3) is 0.438. The Hall–Kier alpha value is -1.46. The van der Waals surface area contributed by atoms with Crippen molar-refractivity contribution in [2.45, 2.75) is 25.8 Å². The van der Waals surface area contributed by atoms with Crippen molar-refractivity contribution in [2.24, 2.45) is 0 Å². The van der Waals surface area contributed by atoms with Crippen molar-refractivity contribution in [3.63, 3.8) is 0 Å². The van der Waals surface area contributed by atoms with Crippen LogP contribution < -0.4 is 5.32 Å². The average molecular weight is 306 g/mol. The summed E-state index contributed by atoms with van der Waals surface area (Å²) >= 11 is 0. The third-order valence-corrected chi connectivity index (χ3v) is 4.45. The van der Waals surface area contributed by atoms with Gasteiger partial charge in [0.1, 0.15) is 9.84 Å². The molecular formula is C16H22N2O2S. The second-order valence-corrected chi connectivity index (χ2v) is 7.60. The quantitative estimate of drug-likeness (QED) is 0.854. The Morgan fingerprint density at radius 3 is 2.71 bits per heavy atom. The van der Waals surface area contributed by atoms with E-state index in [-0.39, 0.29) is 11.8 Å². The van der Waals surface area contributed by atoms with E-state index in [1.165, 1.54) is 6.26 Å². The van der Waals surface area contributed by atoms with Crippen LogP contribution in [-0.2, 0) is 9.84 Å². The molecule has 21 heavy (non-hydrogen) atoms. The smallest absolute Gasteiger partial charge is 0.147 e. The van der Waals surface area contributed by atoms with Gasteiger partial charge in [-0.15, -0.1) is 0 Å². The summed E-state index contributed by atoms with van der Waals surface area (Å²) in [6.07, 6.45) is 4.67. The van der Waals surface area contributed by atoms with E-state index in [9.17, 15) is 8.42 Å². The second kappa shape index (κ2) is 7.00. The molecule has 0 fully saturated rings. The van der Waals surface area contributed by atoms with Crippen molar-refractivity contribution in [1.82, 2.24) is 10.3 Å². The zero-order valence-electron chi connectivity index (χ0n) is 12.5. The first-order chi connectivity index (χ1) is 10.0. The highest BCUT2D eigenvalue weighted by Gasteiger charge is 2.16. The number of nitrogens with zero attached hydrogens (tertiary/aromatic N) is 1. The monoisotopic (exact) mass is 306 g/mol. The van der Waals surface area contributed by atoms with Crippen LogP contribution in [0, 0.1) is 0 Å². The van der Waals surface area contributed by atoms with E-state index < -0.39 is 9.84 Å². The Bertz CT molecular complexity index is 693. The van der Waals surface area contributed by atoms with Crippen molar-refractivity contribution in [3.05, 3.63) is 42.1 Å². The molecule has 1 unspecified atom stereocenters. The summed E-state index contributed by atoms with van der Waals surface area (Å²) in [6, 6.07) is 9.99. The molecular weight excluding hydrogens is 284 g/mol. The maximum Gasteiger partial charge on any atom is 0.147 e. The van der Waals surface area contributed by atoms with Crippen molar-refractivity contribution >= 4 is 20.7 Å². The number of aromatic nitrogens is 1. The Morgan fingerprint density at radius 1 is 1.24 bits per heavy atom. The molecule has 0 aliphatic rings. The highest BCUT2D eigenvalue weighted by atomic mass is 32.2. The normalized spacial score (nSPS) is 13.4. The molecule has 1 aromatic carbocycles. The minimum absolute atomic E-state index is 0.0348. The molecule has 5 heteroatoms. The second-order valence-electron chi connectivity index (χ2n) is 5.34. The Labute approximate surface area is 126 Å². The fourth-order valence-corrected chi connectivity index (χ4v) is 3.10. The summed E-state index contributed by atoms with van der Waals surface area (Å²) in [5, 5.41) is 4.54. The highest BCUT2D eigenvalue weighted by molar-refractivity contribution is 7.90. The van der Waals surface area contributed by atoms with Gasteiger partial charge >= 0.3 is 0 Å². The molecule has 0 radical (unpaired) electrons. The molecule has 1 atom stereocenters. The molecule has 0 saturated heterocycles. The van der Waals surface area contributed by atoms with Gasteiger partial charge in [0, 0.05) is 23.9 Å². The summed E-state index contributed by atoms with van der Waals surface area (Å²) in [7, 11) is -2.96. The highest BCUT2D eigenvalue weighted by Crippen LogP contribution is 2.25. The fourth-order valence-electron chi connectivity index (χ4n) is 2.44. The average Bonchev–Trinajstić information content (AvgIpc) is 2.46. The molecule has 2 aromatic rings. The van der Waals surface area contributed by atoms with Crippen molar-refractivity contribution in [2.75, 3.05) is 18.6 Å². The first-order valence-electron chi connectivity index (χ1n) is 7.26. The molecule has 0 aliphatic heterocycles. The lowest BCUT2D eigenvalue weighted by atomic mass is 10.00. The number of sulfone groups is 1. The van der Waals surface area contributed by atoms with Crippen LogP contribution in [0.2, 0.25) is 0 Å². The number of pyridine rings is 1. The van der Waals surface area contributed by atoms with E-state index in [1.54, 1.807) is 6.20 Å². The summed E-state index contributed by atoms with van der Waals surface area (Å²) in [5.74, 6) is 0.186. The van der Waals surface area contributed by atoms with Crippen LogP contribution in [-0.4, -0.2) is 32.0 Å². The van der Waals surface area contributed by atoms with Crippen LogP contribution in [0.5, 0.6) is 0 Å². The van der Waals surface area contributed by atoms with Gasteiger partial charge in [0.2, 0.25) is 0 Å². The van der Waals surface area contributed by atoms with Gasteiger partial charge < -0.3 is 5.32 Å². The first kappa shape index (κ1) is 15.9. The van der Waals surface area contributed by atoms with Gasteiger partial charge in [-0.1, -0.05) is 25.1 Å². The van der Waals surface area contributed by atoms with E-state index in [2.05, 4.69) is 17.2 Å². The van der Waals surface area contributed by atoms with Gasteiger partial charge in [0.25, 0.3) is 0 Å². The van der Waals surface area contributed by atoms with E-state index in [0.717, 1.165) is 29.4 Å². The zero-order valence-corrected chi connectivity index (χ0v) is 13.4. The van der Waals surface area contributed by atoms with Crippen LogP contribution in [0.25, 0.3) is 10.9 Å². The third-order valence-electron chi connectivity index (χ3n) is 3.48. The van der Waals surface area contributed by atoms with Crippen molar-refractivity contribution < 1.29 is 8.42 Å². The largest absolute Gasteiger partial charge is 0.310 e. The third kappa shape index (κ3) is 4.51. The van der Waals surface area contributed by atoms with Gasteiger partial charge in [-0.2, -0.15) is 0 Å². The topological polar surface area (TPSA) is 59.1 Å². The summed E-state index contributed by atoms with van der Waals surface area (Å²) in [4.78, 5) is 4.37. The predicted molar refractivity (Wildman–Crippen MR) is 87.1 cm³/mol. The van der Waals surface area contributed by atoms with Gasteiger partial charge in [0.15, 0.2) is 0 Å². The Balaban J connectivity index is 2.33. The molecule has 1 N–H and O–H groups in total. The number of para-hydroxylation sites is 1. The maximum atomic E-state index is 11.5. The molecule has 4 nitrogen and oxygen atoms in total. The molecule has 114 valence electrons. The number of hydrogen-bond donors (Lipinski definition) is 1. The lowest BCUT2D eigenvalue weighted by Crippen LogP contribution is -2.24. The lowest BCUT2D eigenvalue weighted by Gasteiger charge is -2.20. The van der Waals surface area contributed by atoms with E-state index in [4.69, 9.17) is 0 Å². The number of rotatable bonds is 7. The molecule has 0 spiro atoms. The molecule has 0 aliphatic carbocycles. The van der Waals surface area contributed by atoms with Gasteiger partial charge in [-0.25, -0.2) is 8.42 Å². The SMILES string of the molecule is CCCNC(CCS(C)(=O)=O)c1ccnc2ccccc12. The summed E-state index contributed by atoms with van der Waals surface area (Å²) in [5.41, 5.74) is 2.07. The minimum Gasteiger partial charge on any atom is -0.310 e. The molecule has 1 aromatic heterocycles. The zero-order chi connectivity index (χ0) is 15.3. The predicted octanol–water partition coefficient (Wildman–Crippen LogP) is 2.71. The summed E-state index contributed by atoms with van der Waals surface area (Å²) < 4.78 is 22.9. The maximum absolute atomic E-state index is 11.5. The number of nitrogens with one attached hydrogen (secondary N) is 1. The van der Waals surface area contributed by atoms with Gasteiger partial charge in [0.05, 0.1) is 11.3 Å². The van der Waals surface area contributed by atoms with Crippen LogP contribution in [0.3, 0.4) is 0 Å². The van der Waals surface area contributed by atoms with E-state index in [0.29, 0.717) is 6.42 Å².